The molecule has 136 valence electrons. The molecular formula is C19H21ClN4OS. The fraction of sp³-hybridized carbons (Fsp3) is 0.263. The number of nitrogens with one attached hydrogen (secondary N) is 1. The summed E-state index contributed by atoms with van der Waals surface area (Å²) < 4.78 is 1.79. The maximum atomic E-state index is 13.1. The lowest BCUT2D eigenvalue weighted by Crippen LogP contribution is -2.38. The molecule has 1 amide bonds. The lowest BCUT2D eigenvalue weighted by atomic mass is 10.1. The Morgan fingerprint density at radius 3 is 2.73 bits per heavy atom. The number of para-hydroxylation sites is 1. The molecule has 1 saturated heterocycles. The van der Waals surface area contributed by atoms with Crippen LogP contribution in [0.4, 0.5) is 0 Å². The molecule has 0 saturated carbocycles. The van der Waals surface area contributed by atoms with Crippen LogP contribution in [0.2, 0.25) is 0 Å². The number of amides is 1. The second-order valence-electron chi connectivity index (χ2n) is 6.21. The summed E-state index contributed by atoms with van der Waals surface area (Å²) in [4.78, 5) is 16.0. The van der Waals surface area contributed by atoms with Crippen molar-refractivity contribution in [3.05, 3.63) is 59.6 Å². The molecule has 1 N–H and O–H groups in total. The number of rotatable bonds is 4. The number of hydrogen-bond donors (Lipinski definition) is 1. The second-order valence-corrected chi connectivity index (χ2v) is 7.16. The molecule has 3 heterocycles. The molecule has 2 aromatic heterocycles. The Morgan fingerprint density at radius 2 is 2.08 bits per heavy atom. The molecule has 1 unspecified atom stereocenters. The highest BCUT2D eigenvalue weighted by atomic mass is 35.5. The number of aromatic nitrogens is 2. The molecule has 26 heavy (non-hydrogen) atoms. The van der Waals surface area contributed by atoms with Crippen molar-refractivity contribution in [3.63, 3.8) is 0 Å². The van der Waals surface area contributed by atoms with Gasteiger partial charge in [-0.3, -0.25) is 4.79 Å². The summed E-state index contributed by atoms with van der Waals surface area (Å²) in [5, 5.41) is 10.0. The van der Waals surface area contributed by atoms with Crippen LogP contribution in [0, 0.1) is 0 Å². The van der Waals surface area contributed by atoms with E-state index in [2.05, 4.69) is 5.32 Å². The topological polar surface area (TPSA) is 50.2 Å². The predicted molar refractivity (Wildman–Crippen MR) is 107 cm³/mol. The highest BCUT2D eigenvalue weighted by molar-refractivity contribution is 7.13. The van der Waals surface area contributed by atoms with E-state index in [1.165, 1.54) is 0 Å². The van der Waals surface area contributed by atoms with Gasteiger partial charge in [0.25, 0.3) is 5.91 Å². The number of thiophene rings is 1. The zero-order chi connectivity index (χ0) is 17.2. The lowest BCUT2D eigenvalue weighted by molar-refractivity contribution is 0.0744. The van der Waals surface area contributed by atoms with Gasteiger partial charge in [-0.1, -0.05) is 24.3 Å². The van der Waals surface area contributed by atoms with Gasteiger partial charge < -0.3 is 10.2 Å². The molecule has 1 fully saturated rings. The fourth-order valence-electron chi connectivity index (χ4n) is 3.16. The van der Waals surface area contributed by atoms with Gasteiger partial charge in [0.2, 0.25) is 0 Å². The van der Waals surface area contributed by atoms with Crippen molar-refractivity contribution in [3.8, 4) is 16.3 Å². The van der Waals surface area contributed by atoms with Crippen molar-refractivity contribution < 1.29 is 4.79 Å². The van der Waals surface area contributed by atoms with Crippen molar-refractivity contribution in [2.45, 2.75) is 12.5 Å². The quantitative estimate of drug-likeness (QED) is 0.744. The molecule has 7 heteroatoms. The summed E-state index contributed by atoms with van der Waals surface area (Å²) in [5.41, 5.74) is 2.35. The van der Waals surface area contributed by atoms with Gasteiger partial charge in [0, 0.05) is 25.8 Å². The van der Waals surface area contributed by atoms with E-state index in [1.807, 2.05) is 66.0 Å². The molecule has 0 aliphatic carbocycles. The van der Waals surface area contributed by atoms with Crippen LogP contribution in [0.3, 0.4) is 0 Å². The SMILES string of the molecule is CN(C(=O)c1cn(-c2ccccc2)nc1-c1cccs1)C1CCNC1.Cl. The van der Waals surface area contributed by atoms with E-state index in [0.29, 0.717) is 5.56 Å². The van der Waals surface area contributed by atoms with Crippen LogP contribution in [0.1, 0.15) is 16.8 Å². The van der Waals surface area contributed by atoms with Crippen LogP contribution < -0.4 is 5.32 Å². The molecule has 1 aliphatic rings. The fourth-order valence-corrected chi connectivity index (χ4v) is 3.89. The minimum Gasteiger partial charge on any atom is -0.337 e. The van der Waals surface area contributed by atoms with Crippen LogP contribution in [0.5, 0.6) is 0 Å². The van der Waals surface area contributed by atoms with E-state index >= 15 is 0 Å². The Labute approximate surface area is 163 Å². The van der Waals surface area contributed by atoms with Gasteiger partial charge in [-0.25, -0.2) is 4.68 Å². The number of benzene rings is 1. The summed E-state index contributed by atoms with van der Waals surface area (Å²) in [5.74, 6) is 0.0271. The average molecular weight is 389 g/mol. The Morgan fingerprint density at radius 1 is 1.27 bits per heavy atom. The third-order valence-electron chi connectivity index (χ3n) is 4.62. The summed E-state index contributed by atoms with van der Waals surface area (Å²) >= 11 is 1.60. The second kappa shape index (κ2) is 8.03. The first kappa shape index (κ1) is 18.6. The summed E-state index contributed by atoms with van der Waals surface area (Å²) in [6.45, 7) is 1.81. The van der Waals surface area contributed by atoms with Crippen LogP contribution >= 0.6 is 23.7 Å². The van der Waals surface area contributed by atoms with Gasteiger partial charge in [-0.2, -0.15) is 5.10 Å². The zero-order valence-electron chi connectivity index (χ0n) is 14.5. The molecule has 0 bridgehead atoms. The molecule has 1 aliphatic heterocycles. The smallest absolute Gasteiger partial charge is 0.257 e. The lowest BCUT2D eigenvalue weighted by Gasteiger charge is -2.23. The van der Waals surface area contributed by atoms with Crippen LogP contribution in [0.25, 0.3) is 16.3 Å². The molecule has 5 nitrogen and oxygen atoms in total. The van der Waals surface area contributed by atoms with Crippen molar-refractivity contribution in [2.75, 3.05) is 20.1 Å². The van der Waals surface area contributed by atoms with E-state index in [4.69, 9.17) is 5.10 Å². The third kappa shape index (κ3) is 3.53. The molecule has 3 aromatic rings. The normalized spacial score (nSPS) is 16.3. The van der Waals surface area contributed by atoms with Gasteiger partial charge in [0.1, 0.15) is 5.69 Å². The Bertz CT molecular complexity index is 857. The number of halogens is 1. The average Bonchev–Trinajstić information content (AvgIpc) is 3.42. The van der Waals surface area contributed by atoms with Gasteiger partial charge in [0.15, 0.2) is 0 Å². The molecule has 0 spiro atoms. The van der Waals surface area contributed by atoms with E-state index in [9.17, 15) is 4.79 Å². The van der Waals surface area contributed by atoms with E-state index in [-0.39, 0.29) is 24.4 Å². The van der Waals surface area contributed by atoms with Gasteiger partial charge in [-0.15, -0.1) is 23.7 Å². The molecule has 4 rings (SSSR count). The van der Waals surface area contributed by atoms with Crippen LogP contribution in [-0.2, 0) is 0 Å². The van der Waals surface area contributed by atoms with Crippen molar-refractivity contribution >= 4 is 29.7 Å². The first-order valence-corrected chi connectivity index (χ1v) is 9.29. The van der Waals surface area contributed by atoms with Gasteiger partial charge in [-0.05, 0) is 36.5 Å². The summed E-state index contributed by atoms with van der Waals surface area (Å²) in [6, 6.07) is 14.1. The predicted octanol–water partition coefficient (Wildman–Crippen LogP) is 3.46. The Kier molecular flexibility index (Phi) is 5.76. The maximum Gasteiger partial charge on any atom is 0.257 e. The zero-order valence-corrected chi connectivity index (χ0v) is 16.1. The van der Waals surface area contributed by atoms with E-state index in [0.717, 1.165) is 35.8 Å². The summed E-state index contributed by atoms with van der Waals surface area (Å²) in [6.07, 6.45) is 2.84. The van der Waals surface area contributed by atoms with Crippen molar-refractivity contribution in [1.82, 2.24) is 20.0 Å². The standard InChI is InChI=1S/C19H20N4OS.ClH/c1-22(15-9-10-20-12-15)19(24)16-13-23(14-6-3-2-4-7-14)21-18(16)17-8-5-11-25-17;/h2-8,11,13,15,20H,9-10,12H2,1H3;1H. The van der Waals surface area contributed by atoms with Crippen LogP contribution in [-0.4, -0.2) is 46.8 Å². The molecule has 1 aromatic carbocycles. The minimum absolute atomic E-state index is 0. The number of carbonyl (C=O) groups is 1. The van der Waals surface area contributed by atoms with Crippen LogP contribution in [0.15, 0.2) is 54.0 Å². The third-order valence-corrected chi connectivity index (χ3v) is 5.50. The highest BCUT2D eigenvalue weighted by Crippen LogP contribution is 2.29. The number of carbonyl (C=O) groups excluding carboxylic acids is 1. The monoisotopic (exact) mass is 388 g/mol. The van der Waals surface area contributed by atoms with Crippen molar-refractivity contribution in [2.24, 2.45) is 0 Å². The Hall–Kier alpha value is -2.15. The molecule has 1 atom stereocenters. The van der Waals surface area contributed by atoms with E-state index < -0.39 is 0 Å². The van der Waals surface area contributed by atoms with Gasteiger partial charge in [0.05, 0.1) is 16.1 Å². The highest BCUT2D eigenvalue weighted by Gasteiger charge is 2.28. The minimum atomic E-state index is 0. The number of likely N-dealkylation sites (N-methyl/N-ethyl adjacent to an activating group) is 1. The van der Waals surface area contributed by atoms with Gasteiger partial charge >= 0.3 is 0 Å². The Balaban J connectivity index is 0.00000196. The van der Waals surface area contributed by atoms with Crippen molar-refractivity contribution in [1.29, 1.82) is 0 Å². The summed E-state index contributed by atoms with van der Waals surface area (Å²) in [7, 11) is 1.89. The number of nitrogens with zero attached hydrogens (tertiary/aromatic N) is 3. The maximum absolute atomic E-state index is 13.1. The molecule has 0 radical (unpaired) electrons. The largest absolute Gasteiger partial charge is 0.337 e. The van der Waals surface area contributed by atoms with E-state index in [1.54, 1.807) is 16.0 Å². The first-order chi connectivity index (χ1) is 12.2. The molecular weight excluding hydrogens is 368 g/mol. The number of hydrogen-bond acceptors (Lipinski definition) is 4. The first-order valence-electron chi connectivity index (χ1n) is 8.41.